The second-order valence-electron chi connectivity index (χ2n) is 8.99. The third kappa shape index (κ3) is 7.54. The van der Waals surface area contributed by atoms with Gasteiger partial charge in [-0.2, -0.15) is 4.31 Å². The van der Waals surface area contributed by atoms with E-state index in [1.54, 1.807) is 11.8 Å². The summed E-state index contributed by atoms with van der Waals surface area (Å²) in [5, 5.41) is 0. The van der Waals surface area contributed by atoms with Crippen LogP contribution in [0.1, 0.15) is 44.7 Å². The van der Waals surface area contributed by atoms with E-state index in [-0.39, 0.29) is 36.7 Å². The molecule has 0 radical (unpaired) electrons. The van der Waals surface area contributed by atoms with Gasteiger partial charge in [-0.1, -0.05) is 43.7 Å². The van der Waals surface area contributed by atoms with Crippen molar-refractivity contribution >= 4 is 26.0 Å². The van der Waals surface area contributed by atoms with E-state index in [4.69, 9.17) is 0 Å². The summed E-state index contributed by atoms with van der Waals surface area (Å²) in [4.78, 5) is 15.2. The maximum Gasteiger partial charge on any atom is 0.238 e. The molecule has 1 heterocycles. The smallest absolute Gasteiger partial charge is 0.238 e. The monoisotopic (exact) mass is 487 g/mol. The van der Waals surface area contributed by atoms with Gasteiger partial charge in [0.2, 0.25) is 26.0 Å². The molecule has 1 aliphatic rings. The molecule has 1 aromatic carbocycles. The second-order valence-corrected chi connectivity index (χ2v) is 13.2. The van der Waals surface area contributed by atoms with Crippen LogP contribution in [0.25, 0.3) is 0 Å². The quantitative estimate of drug-likeness (QED) is 0.503. The van der Waals surface area contributed by atoms with Crippen LogP contribution in [0.4, 0.5) is 0 Å². The fourth-order valence-corrected chi connectivity index (χ4v) is 5.98. The van der Waals surface area contributed by atoms with Crippen molar-refractivity contribution in [3.05, 3.63) is 35.4 Å². The van der Waals surface area contributed by atoms with Crippen LogP contribution < -0.4 is 0 Å². The maximum absolute atomic E-state index is 13.4. The average Bonchev–Trinajstić information content (AvgIpc) is 2.72. The molecule has 0 bridgehead atoms. The summed E-state index contributed by atoms with van der Waals surface area (Å²) in [6.45, 7) is 8.57. The van der Waals surface area contributed by atoms with Crippen molar-refractivity contribution in [3.8, 4) is 0 Å². The molecule has 0 atom stereocenters. The van der Waals surface area contributed by atoms with Crippen molar-refractivity contribution in [1.82, 2.24) is 13.5 Å². The van der Waals surface area contributed by atoms with Gasteiger partial charge in [-0.05, 0) is 38.2 Å². The highest BCUT2D eigenvalue weighted by molar-refractivity contribution is 7.89. The molecule has 0 saturated carbocycles. The molecule has 1 fully saturated rings. The van der Waals surface area contributed by atoms with E-state index in [9.17, 15) is 21.6 Å². The van der Waals surface area contributed by atoms with E-state index in [0.717, 1.165) is 11.1 Å². The number of carbonyl (C=O) groups is 1. The standard InChI is InChI=1S/C22H37N3O5S2/c1-6-32(29,30)24(15-18(2)3)17-22(26)25(16-20-9-7-19(4)8-10-20)21-11-13-23(14-12-21)31(5,27)28/h7-10,18,21H,6,11-17H2,1-5H3. The van der Waals surface area contributed by atoms with Crippen LogP contribution in [0.3, 0.4) is 0 Å². The lowest BCUT2D eigenvalue weighted by Gasteiger charge is -2.38. The number of nitrogens with zero attached hydrogens (tertiary/aromatic N) is 3. The van der Waals surface area contributed by atoms with Gasteiger partial charge in [0.25, 0.3) is 0 Å². The average molecular weight is 488 g/mol. The maximum atomic E-state index is 13.4. The topological polar surface area (TPSA) is 95.1 Å². The summed E-state index contributed by atoms with van der Waals surface area (Å²) in [7, 11) is -6.79. The van der Waals surface area contributed by atoms with Crippen LogP contribution in [0.15, 0.2) is 24.3 Å². The molecular weight excluding hydrogens is 450 g/mol. The Kier molecular flexibility index (Phi) is 9.27. The number of carbonyl (C=O) groups excluding carboxylic acids is 1. The zero-order chi connectivity index (χ0) is 24.1. The van der Waals surface area contributed by atoms with Crippen molar-refractivity contribution < 1.29 is 21.6 Å². The minimum Gasteiger partial charge on any atom is -0.334 e. The van der Waals surface area contributed by atoms with E-state index in [2.05, 4.69) is 0 Å². The summed E-state index contributed by atoms with van der Waals surface area (Å²) in [5.74, 6) is -0.216. The Labute approximate surface area is 193 Å². The van der Waals surface area contributed by atoms with Crippen molar-refractivity contribution in [3.63, 3.8) is 0 Å². The second kappa shape index (κ2) is 11.1. The van der Waals surface area contributed by atoms with Crippen LogP contribution in [0.5, 0.6) is 0 Å². The third-order valence-corrected chi connectivity index (χ3v) is 8.86. The molecule has 0 spiro atoms. The molecule has 0 N–H and O–H groups in total. The Bertz CT molecular complexity index is 967. The molecule has 2 rings (SSSR count). The molecule has 0 aromatic heterocycles. The van der Waals surface area contributed by atoms with Crippen LogP contribution in [-0.4, -0.2) is 80.5 Å². The first kappa shape index (κ1) is 26.8. The summed E-state index contributed by atoms with van der Waals surface area (Å²) in [6, 6.07) is 7.76. The molecule has 32 heavy (non-hydrogen) atoms. The Balaban J connectivity index is 2.26. The SMILES string of the molecule is CCS(=O)(=O)N(CC(=O)N(Cc1ccc(C)cc1)C1CCN(S(C)(=O)=O)CC1)CC(C)C. The Hall–Kier alpha value is -1.49. The van der Waals surface area contributed by atoms with Crippen molar-refractivity contribution in [2.75, 3.05) is 38.2 Å². The van der Waals surface area contributed by atoms with Gasteiger partial charge in [0, 0.05) is 32.2 Å². The van der Waals surface area contributed by atoms with Crippen LogP contribution in [0.2, 0.25) is 0 Å². The lowest BCUT2D eigenvalue weighted by molar-refractivity contribution is -0.135. The molecule has 1 aliphatic heterocycles. The molecule has 10 heteroatoms. The molecule has 0 aliphatic carbocycles. The van der Waals surface area contributed by atoms with Gasteiger partial charge in [0.15, 0.2) is 0 Å². The first-order valence-corrected chi connectivity index (χ1v) is 14.6. The van der Waals surface area contributed by atoms with E-state index < -0.39 is 20.0 Å². The Morgan fingerprint density at radius 1 is 1.09 bits per heavy atom. The number of amides is 1. The fourth-order valence-electron chi connectivity index (χ4n) is 3.90. The zero-order valence-corrected chi connectivity index (χ0v) is 21.5. The van der Waals surface area contributed by atoms with Gasteiger partial charge in [-0.15, -0.1) is 0 Å². The highest BCUT2D eigenvalue weighted by Gasteiger charge is 2.33. The van der Waals surface area contributed by atoms with Gasteiger partial charge in [0.05, 0.1) is 18.6 Å². The van der Waals surface area contributed by atoms with Crippen molar-refractivity contribution in [1.29, 1.82) is 0 Å². The predicted octanol–water partition coefficient (Wildman–Crippen LogP) is 2.06. The summed E-state index contributed by atoms with van der Waals surface area (Å²) in [6.07, 6.45) is 2.24. The summed E-state index contributed by atoms with van der Waals surface area (Å²) >= 11 is 0. The van der Waals surface area contributed by atoms with E-state index in [1.165, 1.54) is 14.9 Å². The largest absolute Gasteiger partial charge is 0.334 e. The molecule has 0 unspecified atom stereocenters. The van der Waals surface area contributed by atoms with Gasteiger partial charge in [-0.25, -0.2) is 21.1 Å². The molecule has 182 valence electrons. The third-order valence-electron chi connectivity index (χ3n) is 5.77. The number of aryl methyl sites for hydroxylation is 1. The Morgan fingerprint density at radius 2 is 1.66 bits per heavy atom. The number of sulfonamides is 2. The minimum atomic E-state index is -3.52. The highest BCUT2D eigenvalue weighted by Crippen LogP contribution is 2.22. The number of rotatable bonds is 10. The first-order chi connectivity index (χ1) is 14.8. The number of piperidine rings is 1. The number of hydrogen-bond acceptors (Lipinski definition) is 5. The molecular formula is C22H37N3O5S2. The van der Waals surface area contributed by atoms with E-state index >= 15 is 0 Å². The van der Waals surface area contributed by atoms with Crippen molar-refractivity contribution in [2.24, 2.45) is 5.92 Å². The lowest BCUT2D eigenvalue weighted by atomic mass is 10.0. The molecule has 1 saturated heterocycles. The summed E-state index contributed by atoms with van der Waals surface area (Å²) in [5.41, 5.74) is 2.08. The van der Waals surface area contributed by atoms with Crippen LogP contribution >= 0.6 is 0 Å². The Morgan fingerprint density at radius 3 is 2.12 bits per heavy atom. The normalized spacial score (nSPS) is 16.6. The van der Waals surface area contributed by atoms with Crippen LogP contribution in [-0.2, 0) is 31.4 Å². The number of hydrogen-bond donors (Lipinski definition) is 0. The van der Waals surface area contributed by atoms with Crippen LogP contribution in [0, 0.1) is 12.8 Å². The van der Waals surface area contributed by atoms with Gasteiger partial charge in [0.1, 0.15) is 0 Å². The summed E-state index contributed by atoms with van der Waals surface area (Å²) < 4.78 is 51.7. The zero-order valence-electron chi connectivity index (χ0n) is 19.8. The number of benzene rings is 1. The van der Waals surface area contributed by atoms with Gasteiger partial charge in [-0.3, -0.25) is 4.79 Å². The van der Waals surface area contributed by atoms with Gasteiger partial charge >= 0.3 is 0 Å². The fraction of sp³-hybridized carbons (Fsp3) is 0.682. The molecule has 1 amide bonds. The lowest BCUT2D eigenvalue weighted by Crippen LogP contribution is -2.51. The molecule has 8 nitrogen and oxygen atoms in total. The molecule has 1 aromatic rings. The van der Waals surface area contributed by atoms with Gasteiger partial charge < -0.3 is 4.90 Å². The van der Waals surface area contributed by atoms with Crippen molar-refractivity contribution in [2.45, 2.75) is 53.1 Å². The first-order valence-electron chi connectivity index (χ1n) is 11.1. The van der Waals surface area contributed by atoms with E-state index in [0.29, 0.717) is 32.5 Å². The predicted molar refractivity (Wildman–Crippen MR) is 127 cm³/mol. The van der Waals surface area contributed by atoms with E-state index in [1.807, 2.05) is 45.0 Å². The highest BCUT2D eigenvalue weighted by atomic mass is 32.2. The minimum absolute atomic E-state index is 0.0578.